The SMILES string of the molecule is COC(=O)CC(O)CNc1cc(Br)ccc1C. The second-order valence-electron chi connectivity index (χ2n) is 3.77. The van der Waals surface area contributed by atoms with Crippen LogP contribution in [0.15, 0.2) is 22.7 Å². The second kappa shape index (κ2) is 6.61. The number of aliphatic hydroxyl groups excluding tert-OH is 1. The van der Waals surface area contributed by atoms with Crippen LogP contribution in [0, 0.1) is 6.92 Å². The van der Waals surface area contributed by atoms with Gasteiger partial charge in [0.1, 0.15) is 0 Å². The van der Waals surface area contributed by atoms with Gasteiger partial charge in [0.05, 0.1) is 19.6 Å². The van der Waals surface area contributed by atoms with E-state index in [1.165, 1.54) is 7.11 Å². The van der Waals surface area contributed by atoms with Gasteiger partial charge >= 0.3 is 5.97 Å². The third kappa shape index (κ3) is 4.75. The number of rotatable bonds is 5. The minimum atomic E-state index is -0.749. The van der Waals surface area contributed by atoms with Crippen molar-refractivity contribution in [2.24, 2.45) is 0 Å². The van der Waals surface area contributed by atoms with E-state index in [2.05, 4.69) is 26.0 Å². The van der Waals surface area contributed by atoms with E-state index in [0.717, 1.165) is 15.7 Å². The molecule has 0 heterocycles. The van der Waals surface area contributed by atoms with E-state index in [1.54, 1.807) is 0 Å². The normalized spacial score (nSPS) is 12.0. The van der Waals surface area contributed by atoms with E-state index in [9.17, 15) is 9.90 Å². The van der Waals surface area contributed by atoms with Crippen LogP contribution in [0.1, 0.15) is 12.0 Å². The number of carbonyl (C=O) groups is 1. The van der Waals surface area contributed by atoms with Crippen molar-refractivity contribution in [1.29, 1.82) is 0 Å². The van der Waals surface area contributed by atoms with Gasteiger partial charge in [-0.25, -0.2) is 0 Å². The molecule has 5 heteroatoms. The molecule has 4 nitrogen and oxygen atoms in total. The summed E-state index contributed by atoms with van der Waals surface area (Å²) in [4.78, 5) is 10.9. The highest BCUT2D eigenvalue weighted by Gasteiger charge is 2.11. The molecule has 0 bridgehead atoms. The van der Waals surface area contributed by atoms with Gasteiger partial charge in [-0.3, -0.25) is 4.79 Å². The van der Waals surface area contributed by atoms with Crippen LogP contribution in [0.25, 0.3) is 0 Å². The van der Waals surface area contributed by atoms with Crippen LogP contribution in [0.4, 0.5) is 5.69 Å². The van der Waals surface area contributed by atoms with E-state index in [4.69, 9.17) is 0 Å². The van der Waals surface area contributed by atoms with Crippen LogP contribution in [0.2, 0.25) is 0 Å². The monoisotopic (exact) mass is 301 g/mol. The maximum atomic E-state index is 10.9. The molecule has 1 aromatic rings. The Morgan fingerprint density at radius 2 is 2.29 bits per heavy atom. The Labute approximate surface area is 109 Å². The molecule has 1 rings (SSSR count). The Balaban J connectivity index is 2.49. The van der Waals surface area contributed by atoms with Crippen molar-refractivity contribution in [1.82, 2.24) is 0 Å². The smallest absolute Gasteiger partial charge is 0.308 e. The highest BCUT2D eigenvalue weighted by Crippen LogP contribution is 2.20. The lowest BCUT2D eigenvalue weighted by Crippen LogP contribution is -2.23. The van der Waals surface area contributed by atoms with Crippen molar-refractivity contribution >= 4 is 27.6 Å². The molecule has 0 saturated carbocycles. The molecule has 0 amide bonds. The lowest BCUT2D eigenvalue weighted by molar-refractivity contribution is -0.142. The topological polar surface area (TPSA) is 58.6 Å². The first-order valence-corrected chi connectivity index (χ1v) is 6.07. The van der Waals surface area contributed by atoms with Crippen LogP contribution >= 0.6 is 15.9 Å². The van der Waals surface area contributed by atoms with Crippen molar-refractivity contribution in [2.45, 2.75) is 19.4 Å². The fourth-order valence-electron chi connectivity index (χ4n) is 1.36. The number of nitrogens with one attached hydrogen (secondary N) is 1. The first-order chi connectivity index (χ1) is 8.02. The van der Waals surface area contributed by atoms with E-state index >= 15 is 0 Å². The highest BCUT2D eigenvalue weighted by molar-refractivity contribution is 9.10. The van der Waals surface area contributed by atoms with Gasteiger partial charge < -0.3 is 15.2 Å². The molecule has 2 N–H and O–H groups in total. The summed E-state index contributed by atoms with van der Waals surface area (Å²) in [6.45, 7) is 2.29. The maximum absolute atomic E-state index is 10.9. The van der Waals surface area contributed by atoms with Gasteiger partial charge in [-0.15, -0.1) is 0 Å². The van der Waals surface area contributed by atoms with Crippen LogP contribution in [-0.4, -0.2) is 30.8 Å². The Hall–Kier alpha value is -1.07. The van der Waals surface area contributed by atoms with E-state index in [0.29, 0.717) is 6.54 Å². The summed E-state index contributed by atoms with van der Waals surface area (Å²) in [6.07, 6.45) is -0.753. The molecule has 94 valence electrons. The average Bonchev–Trinajstić information content (AvgIpc) is 2.30. The quantitative estimate of drug-likeness (QED) is 0.818. The zero-order valence-corrected chi connectivity index (χ0v) is 11.5. The fourth-order valence-corrected chi connectivity index (χ4v) is 1.72. The summed E-state index contributed by atoms with van der Waals surface area (Å²) in [5, 5.41) is 12.7. The average molecular weight is 302 g/mol. The summed E-state index contributed by atoms with van der Waals surface area (Å²) in [5.41, 5.74) is 2.02. The first kappa shape index (κ1) is 14.0. The molecule has 0 saturated heterocycles. The molecule has 0 aliphatic heterocycles. The molecule has 1 atom stereocenters. The zero-order valence-electron chi connectivity index (χ0n) is 9.87. The molecule has 0 fully saturated rings. The molecule has 0 radical (unpaired) electrons. The van der Waals surface area contributed by atoms with Gasteiger partial charge in [0.2, 0.25) is 0 Å². The van der Waals surface area contributed by atoms with Crippen LogP contribution in [-0.2, 0) is 9.53 Å². The number of methoxy groups -OCH3 is 1. The predicted molar refractivity (Wildman–Crippen MR) is 70.0 cm³/mol. The molecule has 1 aromatic carbocycles. The van der Waals surface area contributed by atoms with Gasteiger partial charge in [-0.2, -0.15) is 0 Å². The van der Waals surface area contributed by atoms with E-state index in [1.807, 2.05) is 25.1 Å². The lowest BCUT2D eigenvalue weighted by atomic mass is 10.2. The fraction of sp³-hybridized carbons (Fsp3) is 0.417. The van der Waals surface area contributed by atoms with Crippen molar-refractivity contribution < 1.29 is 14.6 Å². The summed E-state index contributed by atoms with van der Waals surface area (Å²) in [6, 6.07) is 5.85. The van der Waals surface area contributed by atoms with Crippen LogP contribution in [0.5, 0.6) is 0 Å². The number of anilines is 1. The van der Waals surface area contributed by atoms with Gasteiger partial charge in [0.15, 0.2) is 0 Å². The lowest BCUT2D eigenvalue weighted by Gasteiger charge is -2.13. The van der Waals surface area contributed by atoms with E-state index < -0.39 is 12.1 Å². The largest absolute Gasteiger partial charge is 0.469 e. The number of esters is 1. The van der Waals surface area contributed by atoms with Crippen molar-refractivity contribution in [3.8, 4) is 0 Å². The standard InChI is InChI=1S/C12H16BrNO3/c1-8-3-4-9(13)5-11(8)14-7-10(15)6-12(16)17-2/h3-5,10,14-15H,6-7H2,1-2H3. The summed E-state index contributed by atoms with van der Waals surface area (Å²) in [7, 11) is 1.31. The Morgan fingerprint density at radius 1 is 1.59 bits per heavy atom. The van der Waals surface area contributed by atoms with Crippen LogP contribution < -0.4 is 5.32 Å². The molecule has 0 spiro atoms. The van der Waals surface area contributed by atoms with Crippen molar-refractivity contribution in [3.05, 3.63) is 28.2 Å². The highest BCUT2D eigenvalue weighted by atomic mass is 79.9. The Bertz CT molecular complexity index is 395. The summed E-state index contributed by atoms with van der Waals surface area (Å²) < 4.78 is 5.45. The van der Waals surface area contributed by atoms with Gasteiger partial charge in [-0.1, -0.05) is 22.0 Å². The Morgan fingerprint density at radius 3 is 2.94 bits per heavy atom. The third-order valence-electron chi connectivity index (χ3n) is 2.36. The molecular weight excluding hydrogens is 286 g/mol. The number of ether oxygens (including phenoxy) is 1. The van der Waals surface area contributed by atoms with E-state index in [-0.39, 0.29) is 6.42 Å². The number of benzene rings is 1. The number of carbonyl (C=O) groups excluding carboxylic acids is 1. The number of aryl methyl sites for hydroxylation is 1. The van der Waals surface area contributed by atoms with Gasteiger partial charge in [0.25, 0.3) is 0 Å². The third-order valence-corrected chi connectivity index (χ3v) is 2.85. The minimum absolute atomic E-state index is 0.00342. The van der Waals surface area contributed by atoms with Gasteiger partial charge in [0, 0.05) is 16.7 Å². The number of hydrogen-bond acceptors (Lipinski definition) is 4. The summed E-state index contributed by atoms with van der Waals surface area (Å²) >= 11 is 3.38. The van der Waals surface area contributed by atoms with Crippen molar-refractivity contribution in [3.63, 3.8) is 0 Å². The van der Waals surface area contributed by atoms with Crippen molar-refractivity contribution in [2.75, 3.05) is 19.0 Å². The summed E-state index contributed by atoms with van der Waals surface area (Å²) in [5.74, 6) is -0.412. The molecule has 0 aromatic heterocycles. The predicted octanol–water partition coefficient (Wildman–Crippen LogP) is 2.09. The van der Waals surface area contributed by atoms with Crippen LogP contribution in [0.3, 0.4) is 0 Å². The molecule has 0 aliphatic carbocycles. The minimum Gasteiger partial charge on any atom is -0.469 e. The van der Waals surface area contributed by atoms with Gasteiger partial charge in [-0.05, 0) is 24.6 Å². The number of halogens is 1. The maximum Gasteiger partial charge on any atom is 0.308 e. The molecule has 0 aliphatic rings. The number of hydrogen-bond donors (Lipinski definition) is 2. The Kier molecular flexibility index (Phi) is 5.44. The second-order valence-corrected chi connectivity index (χ2v) is 4.69. The molecule has 17 heavy (non-hydrogen) atoms. The first-order valence-electron chi connectivity index (χ1n) is 5.28. The zero-order chi connectivity index (χ0) is 12.8. The number of aliphatic hydroxyl groups is 1. The molecule has 1 unspecified atom stereocenters. The molecular formula is C12H16BrNO3.